The highest BCUT2D eigenvalue weighted by Gasteiger charge is 2.13. The second kappa shape index (κ2) is 9.87. The number of urea groups is 1. The predicted molar refractivity (Wildman–Crippen MR) is 140 cm³/mol. The summed E-state index contributed by atoms with van der Waals surface area (Å²) in [5.41, 5.74) is 7.52. The van der Waals surface area contributed by atoms with E-state index in [1.165, 1.54) is 11.1 Å². The summed E-state index contributed by atoms with van der Waals surface area (Å²) >= 11 is 0. The summed E-state index contributed by atoms with van der Waals surface area (Å²) in [4.78, 5) is 21.2. The SMILES string of the molecule is Cc1ccc(-c2noc(-c3cn(Cc4ccc(NC(=O)Nc5ccc(C)c(C)c5)cc4)cn3)n2)cc1. The number of aromatic nitrogens is 4. The van der Waals surface area contributed by atoms with E-state index in [1.54, 1.807) is 6.33 Å². The molecule has 2 amide bonds. The van der Waals surface area contributed by atoms with E-state index in [-0.39, 0.29) is 6.03 Å². The van der Waals surface area contributed by atoms with Gasteiger partial charge in [-0.2, -0.15) is 4.98 Å². The van der Waals surface area contributed by atoms with Gasteiger partial charge in [0, 0.05) is 29.7 Å². The van der Waals surface area contributed by atoms with Gasteiger partial charge in [0.15, 0.2) is 0 Å². The minimum Gasteiger partial charge on any atom is -0.332 e. The van der Waals surface area contributed by atoms with Gasteiger partial charge in [0.25, 0.3) is 5.89 Å². The number of hydrogen-bond donors (Lipinski definition) is 2. The first-order valence-corrected chi connectivity index (χ1v) is 11.6. The van der Waals surface area contributed by atoms with Crippen molar-refractivity contribution in [1.29, 1.82) is 0 Å². The second-order valence-corrected chi connectivity index (χ2v) is 8.80. The molecule has 0 saturated heterocycles. The van der Waals surface area contributed by atoms with Crippen LogP contribution in [0.25, 0.3) is 23.0 Å². The van der Waals surface area contributed by atoms with E-state index in [9.17, 15) is 4.79 Å². The zero-order valence-electron chi connectivity index (χ0n) is 20.3. The average molecular weight is 479 g/mol. The molecule has 0 bridgehead atoms. The number of carbonyl (C=O) groups excluding carboxylic acids is 1. The van der Waals surface area contributed by atoms with Crippen LogP contribution in [0.2, 0.25) is 0 Å². The number of imidazole rings is 1. The highest BCUT2D eigenvalue weighted by atomic mass is 16.5. The second-order valence-electron chi connectivity index (χ2n) is 8.80. The maximum Gasteiger partial charge on any atom is 0.323 e. The number of hydrogen-bond acceptors (Lipinski definition) is 5. The molecule has 8 nitrogen and oxygen atoms in total. The minimum atomic E-state index is -0.283. The number of carbonyl (C=O) groups is 1. The van der Waals surface area contributed by atoms with E-state index in [4.69, 9.17) is 4.52 Å². The van der Waals surface area contributed by atoms with E-state index < -0.39 is 0 Å². The molecule has 0 aliphatic heterocycles. The molecule has 36 heavy (non-hydrogen) atoms. The molecule has 2 N–H and O–H groups in total. The molecule has 0 saturated carbocycles. The normalized spacial score (nSPS) is 10.9. The Morgan fingerprint density at radius 2 is 1.61 bits per heavy atom. The van der Waals surface area contributed by atoms with Crippen LogP contribution in [0.3, 0.4) is 0 Å². The smallest absolute Gasteiger partial charge is 0.323 e. The zero-order chi connectivity index (χ0) is 25.1. The summed E-state index contributed by atoms with van der Waals surface area (Å²) in [7, 11) is 0. The number of amides is 2. The predicted octanol–water partition coefficient (Wildman–Crippen LogP) is 6.22. The van der Waals surface area contributed by atoms with Crippen molar-refractivity contribution in [3.8, 4) is 23.0 Å². The van der Waals surface area contributed by atoms with Crippen LogP contribution in [0.4, 0.5) is 16.2 Å². The van der Waals surface area contributed by atoms with Crippen LogP contribution >= 0.6 is 0 Å². The first-order chi connectivity index (χ1) is 17.4. The molecule has 0 radical (unpaired) electrons. The third kappa shape index (κ3) is 5.33. The Bertz CT molecular complexity index is 1500. The van der Waals surface area contributed by atoms with Crippen LogP contribution in [0.15, 0.2) is 83.8 Å². The quantitative estimate of drug-likeness (QED) is 0.302. The van der Waals surface area contributed by atoms with Gasteiger partial charge in [-0.15, -0.1) is 0 Å². The Morgan fingerprint density at radius 3 is 2.36 bits per heavy atom. The molecule has 0 aliphatic rings. The molecular formula is C28H26N6O2. The molecular weight excluding hydrogens is 452 g/mol. The van der Waals surface area contributed by atoms with Crippen LogP contribution in [-0.4, -0.2) is 25.7 Å². The molecule has 2 heterocycles. The standard InChI is InChI=1S/C28H26N6O2/c1-18-4-9-22(10-5-18)26-32-27(36-33-26)25-16-34(17-29-25)15-21-7-12-23(13-8-21)30-28(35)31-24-11-6-19(2)20(3)14-24/h4-14,16-17H,15H2,1-3H3,(H2,30,31,35). The fourth-order valence-electron chi connectivity index (χ4n) is 3.72. The van der Waals surface area contributed by atoms with Crippen LogP contribution in [0.5, 0.6) is 0 Å². The summed E-state index contributed by atoms with van der Waals surface area (Å²) in [5, 5.41) is 9.80. The van der Waals surface area contributed by atoms with Crippen LogP contribution in [-0.2, 0) is 6.54 Å². The van der Waals surface area contributed by atoms with Gasteiger partial charge in [-0.25, -0.2) is 9.78 Å². The Labute approximate surface area is 209 Å². The van der Waals surface area contributed by atoms with Crippen molar-refractivity contribution in [1.82, 2.24) is 19.7 Å². The third-order valence-electron chi connectivity index (χ3n) is 5.93. The third-order valence-corrected chi connectivity index (χ3v) is 5.93. The fraction of sp³-hybridized carbons (Fsp3) is 0.143. The van der Waals surface area contributed by atoms with Crippen molar-refractivity contribution in [2.75, 3.05) is 10.6 Å². The van der Waals surface area contributed by atoms with Crippen molar-refractivity contribution >= 4 is 17.4 Å². The average Bonchev–Trinajstić information content (AvgIpc) is 3.53. The van der Waals surface area contributed by atoms with Crippen LogP contribution in [0.1, 0.15) is 22.3 Å². The number of nitrogens with one attached hydrogen (secondary N) is 2. The van der Waals surface area contributed by atoms with Crippen molar-refractivity contribution in [2.24, 2.45) is 0 Å². The molecule has 8 heteroatoms. The topological polar surface area (TPSA) is 97.9 Å². The lowest BCUT2D eigenvalue weighted by Crippen LogP contribution is -2.19. The van der Waals surface area contributed by atoms with Gasteiger partial charge in [0.05, 0.1) is 6.33 Å². The molecule has 3 aromatic carbocycles. The number of nitrogens with zero attached hydrogens (tertiary/aromatic N) is 4. The molecule has 2 aromatic heterocycles. The van der Waals surface area contributed by atoms with E-state index in [1.807, 2.05) is 98.3 Å². The van der Waals surface area contributed by atoms with Gasteiger partial charge < -0.3 is 19.7 Å². The maximum atomic E-state index is 12.3. The van der Waals surface area contributed by atoms with Crippen LogP contribution in [0, 0.1) is 20.8 Å². The van der Waals surface area contributed by atoms with Crippen molar-refractivity contribution in [3.05, 3.63) is 102 Å². The van der Waals surface area contributed by atoms with Gasteiger partial charge in [-0.1, -0.05) is 53.2 Å². The Morgan fingerprint density at radius 1 is 0.889 bits per heavy atom. The van der Waals surface area contributed by atoms with Gasteiger partial charge in [-0.05, 0) is 61.7 Å². The maximum absolute atomic E-state index is 12.3. The Balaban J connectivity index is 1.19. The monoisotopic (exact) mass is 478 g/mol. The number of anilines is 2. The fourth-order valence-corrected chi connectivity index (χ4v) is 3.72. The molecule has 0 atom stereocenters. The summed E-state index contributed by atoms with van der Waals surface area (Å²) in [6.45, 7) is 6.71. The molecule has 180 valence electrons. The summed E-state index contributed by atoms with van der Waals surface area (Å²) < 4.78 is 7.37. The van der Waals surface area contributed by atoms with Crippen LogP contribution < -0.4 is 10.6 Å². The van der Waals surface area contributed by atoms with E-state index in [0.29, 0.717) is 29.6 Å². The zero-order valence-corrected chi connectivity index (χ0v) is 20.3. The first-order valence-electron chi connectivity index (χ1n) is 11.6. The Hall–Kier alpha value is -4.72. The lowest BCUT2D eigenvalue weighted by molar-refractivity contribution is 0.262. The minimum absolute atomic E-state index is 0.283. The lowest BCUT2D eigenvalue weighted by atomic mass is 10.1. The number of benzene rings is 3. The Kier molecular flexibility index (Phi) is 6.32. The lowest BCUT2D eigenvalue weighted by Gasteiger charge is -2.10. The molecule has 0 fully saturated rings. The number of rotatable bonds is 6. The molecule has 0 spiro atoms. The molecule has 0 aliphatic carbocycles. The summed E-state index contributed by atoms with van der Waals surface area (Å²) in [6, 6.07) is 21.2. The van der Waals surface area contributed by atoms with Crippen molar-refractivity contribution in [2.45, 2.75) is 27.3 Å². The highest BCUT2D eigenvalue weighted by molar-refractivity contribution is 5.99. The molecule has 0 unspecified atom stereocenters. The van der Waals surface area contributed by atoms with Gasteiger partial charge in [-0.3, -0.25) is 0 Å². The van der Waals surface area contributed by atoms with Gasteiger partial charge in [0.1, 0.15) is 5.69 Å². The van der Waals surface area contributed by atoms with Crippen molar-refractivity contribution in [3.63, 3.8) is 0 Å². The van der Waals surface area contributed by atoms with Gasteiger partial charge in [0.2, 0.25) is 5.82 Å². The number of aryl methyl sites for hydroxylation is 3. The summed E-state index contributed by atoms with van der Waals surface area (Å²) in [5.74, 6) is 0.905. The largest absolute Gasteiger partial charge is 0.332 e. The van der Waals surface area contributed by atoms with E-state index >= 15 is 0 Å². The van der Waals surface area contributed by atoms with E-state index in [0.717, 1.165) is 22.4 Å². The molecule has 5 aromatic rings. The van der Waals surface area contributed by atoms with Crippen molar-refractivity contribution < 1.29 is 9.32 Å². The molecule has 5 rings (SSSR count). The first kappa shape index (κ1) is 23.0. The van der Waals surface area contributed by atoms with Gasteiger partial charge >= 0.3 is 6.03 Å². The highest BCUT2D eigenvalue weighted by Crippen LogP contribution is 2.22. The van der Waals surface area contributed by atoms with E-state index in [2.05, 4.69) is 25.8 Å². The summed E-state index contributed by atoms with van der Waals surface area (Å²) in [6.07, 6.45) is 3.60.